The van der Waals surface area contributed by atoms with Crippen molar-refractivity contribution < 1.29 is 21.6 Å². The Morgan fingerprint density at radius 3 is 2.21 bits per heavy atom. The van der Waals surface area contributed by atoms with E-state index in [1.54, 1.807) is 49.4 Å². The molecule has 1 aliphatic heterocycles. The van der Waals surface area contributed by atoms with Crippen molar-refractivity contribution in [2.45, 2.75) is 30.3 Å². The van der Waals surface area contributed by atoms with Crippen molar-refractivity contribution in [1.29, 1.82) is 0 Å². The Morgan fingerprint density at radius 2 is 1.66 bits per heavy atom. The molecule has 29 heavy (non-hydrogen) atoms. The van der Waals surface area contributed by atoms with Gasteiger partial charge in [0, 0.05) is 6.54 Å². The maximum Gasteiger partial charge on any atom is 0.243 e. The topological polar surface area (TPSA) is 101 Å². The first kappa shape index (κ1) is 21.5. The summed E-state index contributed by atoms with van der Waals surface area (Å²) in [6.45, 7) is 1.30. The van der Waals surface area contributed by atoms with Gasteiger partial charge < -0.3 is 5.32 Å². The first-order chi connectivity index (χ1) is 13.6. The molecule has 2 aromatic rings. The van der Waals surface area contributed by atoms with Gasteiger partial charge in [0.1, 0.15) is 0 Å². The van der Waals surface area contributed by atoms with Gasteiger partial charge in [-0.3, -0.25) is 4.79 Å². The van der Waals surface area contributed by atoms with Gasteiger partial charge in [0.05, 0.1) is 28.5 Å². The fourth-order valence-corrected chi connectivity index (χ4v) is 6.90. The zero-order valence-corrected chi connectivity index (χ0v) is 17.7. The number of rotatable bonds is 7. The number of amides is 1. The molecular weight excluding hydrogens is 412 g/mol. The molecule has 1 N–H and O–H groups in total. The number of carbonyl (C=O) groups excluding carboxylic acids is 1. The zero-order valence-electron chi connectivity index (χ0n) is 16.1. The molecule has 2 aromatic carbocycles. The van der Waals surface area contributed by atoms with Crippen molar-refractivity contribution in [1.82, 2.24) is 9.62 Å². The predicted octanol–water partition coefficient (Wildman–Crippen LogP) is 1.57. The maximum atomic E-state index is 13.1. The smallest absolute Gasteiger partial charge is 0.243 e. The number of sulfonamides is 1. The van der Waals surface area contributed by atoms with Crippen molar-refractivity contribution in [3.05, 3.63) is 66.2 Å². The molecule has 1 heterocycles. The van der Waals surface area contributed by atoms with E-state index in [2.05, 4.69) is 5.32 Å². The Labute approximate surface area is 171 Å². The van der Waals surface area contributed by atoms with Crippen LogP contribution in [0.2, 0.25) is 0 Å². The van der Waals surface area contributed by atoms with Crippen LogP contribution < -0.4 is 5.32 Å². The highest BCUT2D eigenvalue weighted by molar-refractivity contribution is 7.91. The Bertz CT molecular complexity index is 1070. The van der Waals surface area contributed by atoms with Crippen LogP contribution in [0.25, 0.3) is 0 Å². The highest BCUT2D eigenvalue weighted by Gasteiger charge is 2.40. The third-order valence-corrected chi connectivity index (χ3v) is 8.56. The lowest BCUT2D eigenvalue weighted by Gasteiger charge is -2.27. The molecule has 1 amide bonds. The first-order valence-electron chi connectivity index (χ1n) is 9.20. The third kappa shape index (κ3) is 5.43. The number of nitrogens with one attached hydrogen (secondary N) is 1. The van der Waals surface area contributed by atoms with E-state index in [-0.39, 0.29) is 22.9 Å². The molecule has 0 saturated carbocycles. The summed E-state index contributed by atoms with van der Waals surface area (Å²) in [6, 6.07) is 16.9. The van der Waals surface area contributed by atoms with Gasteiger partial charge in [0.25, 0.3) is 0 Å². The summed E-state index contributed by atoms with van der Waals surface area (Å²) in [6.07, 6.45) is 0.311. The van der Waals surface area contributed by atoms with Gasteiger partial charge in [-0.15, -0.1) is 0 Å². The van der Waals surface area contributed by atoms with Gasteiger partial charge in [-0.25, -0.2) is 16.8 Å². The van der Waals surface area contributed by atoms with Gasteiger partial charge in [-0.1, -0.05) is 48.5 Å². The molecule has 156 valence electrons. The Morgan fingerprint density at radius 1 is 1.07 bits per heavy atom. The average Bonchev–Trinajstić information content (AvgIpc) is 2.95. The van der Waals surface area contributed by atoms with Gasteiger partial charge in [0.15, 0.2) is 9.84 Å². The third-order valence-electron chi connectivity index (χ3n) is 4.85. The van der Waals surface area contributed by atoms with Crippen molar-refractivity contribution in [2.24, 2.45) is 0 Å². The van der Waals surface area contributed by atoms with E-state index in [9.17, 15) is 21.6 Å². The number of hydrogen-bond acceptors (Lipinski definition) is 5. The first-order valence-corrected chi connectivity index (χ1v) is 12.5. The molecule has 1 fully saturated rings. The predicted molar refractivity (Wildman–Crippen MR) is 110 cm³/mol. The monoisotopic (exact) mass is 436 g/mol. The van der Waals surface area contributed by atoms with E-state index in [0.717, 1.165) is 9.87 Å². The Hall–Kier alpha value is -2.23. The molecule has 1 atom stereocenters. The molecule has 0 radical (unpaired) electrons. The van der Waals surface area contributed by atoms with Crippen molar-refractivity contribution >= 4 is 25.8 Å². The summed E-state index contributed by atoms with van der Waals surface area (Å²) in [5, 5.41) is 2.73. The average molecular weight is 437 g/mol. The fourth-order valence-electron chi connectivity index (χ4n) is 3.40. The van der Waals surface area contributed by atoms with Crippen LogP contribution >= 0.6 is 0 Å². The summed E-state index contributed by atoms with van der Waals surface area (Å²) in [7, 11) is -7.11. The van der Waals surface area contributed by atoms with Crippen LogP contribution in [0.5, 0.6) is 0 Å². The minimum Gasteiger partial charge on any atom is -0.349 e. The highest BCUT2D eigenvalue weighted by Crippen LogP contribution is 2.23. The number of sulfone groups is 1. The van der Waals surface area contributed by atoms with Crippen LogP contribution in [-0.2, 0) is 31.2 Å². The SMILES string of the molecule is C[C@]1(NC(=O)CN(Cc2ccccc2)S(=O)(=O)c2ccccc2)CCS(=O)(=O)C1. The van der Waals surface area contributed by atoms with Gasteiger partial charge >= 0.3 is 0 Å². The normalized spacial score (nSPS) is 21.2. The minimum absolute atomic E-state index is 0.0137. The van der Waals surface area contributed by atoms with Crippen molar-refractivity contribution in [2.75, 3.05) is 18.1 Å². The summed E-state index contributed by atoms with van der Waals surface area (Å²) >= 11 is 0. The quantitative estimate of drug-likeness (QED) is 0.710. The lowest BCUT2D eigenvalue weighted by atomic mass is 10.0. The lowest BCUT2D eigenvalue weighted by Crippen LogP contribution is -2.51. The zero-order chi connectivity index (χ0) is 21.1. The molecule has 1 aliphatic rings. The molecule has 0 unspecified atom stereocenters. The standard InChI is InChI=1S/C20H24N2O5S2/c1-20(12-13-28(24,25)16-20)21-19(23)15-22(14-17-8-4-2-5-9-17)29(26,27)18-10-6-3-7-11-18/h2-11H,12-16H2,1H3,(H,21,23)/t20-/m0/s1. The summed E-state index contributed by atoms with van der Waals surface area (Å²) in [5.41, 5.74) is -0.139. The summed E-state index contributed by atoms with van der Waals surface area (Å²) in [5.74, 6) is -0.657. The number of carbonyl (C=O) groups is 1. The van der Waals surface area contributed by atoms with E-state index >= 15 is 0 Å². The van der Waals surface area contributed by atoms with Gasteiger partial charge in [0.2, 0.25) is 15.9 Å². The van der Waals surface area contributed by atoms with E-state index in [1.807, 2.05) is 6.07 Å². The van der Waals surface area contributed by atoms with Gasteiger partial charge in [-0.05, 0) is 31.0 Å². The van der Waals surface area contributed by atoms with E-state index < -0.39 is 37.9 Å². The van der Waals surface area contributed by atoms with E-state index in [0.29, 0.717) is 6.42 Å². The van der Waals surface area contributed by atoms with Crippen LogP contribution in [0.3, 0.4) is 0 Å². The van der Waals surface area contributed by atoms with Crippen LogP contribution in [0, 0.1) is 0 Å². The van der Waals surface area contributed by atoms with E-state index in [4.69, 9.17) is 0 Å². The molecule has 7 nitrogen and oxygen atoms in total. The van der Waals surface area contributed by atoms with Crippen LogP contribution in [0.4, 0.5) is 0 Å². The second kappa shape index (κ2) is 8.25. The molecule has 0 spiro atoms. The van der Waals surface area contributed by atoms with Crippen LogP contribution in [0.15, 0.2) is 65.6 Å². The van der Waals surface area contributed by atoms with Crippen molar-refractivity contribution in [3.8, 4) is 0 Å². The summed E-state index contributed by atoms with van der Waals surface area (Å²) in [4.78, 5) is 12.8. The molecule has 3 rings (SSSR count). The maximum absolute atomic E-state index is 13.1. The summed E-state index contributed by atoms with van der Waals surface area (Å²) < 4.78 is 51.0. The van der Waals surface area contributed by atoms with Crippen LogP contribution in [0.1, 0.15) is 18.9 Å². The second-order valence-corrected chi connectivity index (χ2v) is 11.6. The molecule has 0 aliphatic carbocycles. The van der Waals surface area contributed by atoms with Crippen molar-refractivity contribution in [3.63, 3.8) is 0 Å². The number of nitrogens with zero attached hydrogens (tertiary/aromatic N) is 1. The van der Waals surface area contributed by atoms with Crippen LogP contribution in [-0.4, -0.2) is 50.6 Å². The Balaban J connectivity index is 1.83. The lowest BCUT2D eigenvalue weighted by molar-refractivity contribution is -0.122. The van der Waals surface area contributed by atoms with E-state index in [1.165, 1.54) is 12.1 Å². The minimum atomic E-state index is -3.92. The molecule has 0 bridgehead atoms. The largest absolute Gasteiger partial charge is 0.349 e. The number of benzene rings is 2. The molecule has 1 saturated heterocycles. The number of hydrogen-bond donors (Lipinski definition) is 1. The molecule has 9 heteroatoms. The second-order valence-electron chi connectivity index (χ2n) is 7.52. The molecular formula is C20H24N2O5S2. The van der Waals surface area contributed by atoms with Gasteiger partial charge in [-0.2, -0.15) is 4.31 Å². The fraction of sp³-hybridized carbons (Fsp3) is 0.350. The Kier molecular flexibility index (Phi) is 6.11. The molecule has 0 aromatic heterocycles. The highest BCUT2D eigenvalue weighted by atomic mass is 32.2.